The molecule has 0 radical (unpaired) electrons. The molecule has 0 spiro atoms. The van der Waals surface area contributed by atoms with E-state index in [0.717, 1.165) is 4.47 Å². The van der Waals surface area contributed by atoms with Crippen molar-refractivity contribution in [3.63, 3.8) is 0 Å². The van der Waals surface area contributed by atoms with Crippen LogP contribution in [0.4, 0.5) is 0 Å². The van der Waals surface area contributed by atoms with Crippen molar-refractivity contribution in [2.24, 2.45) is 0 Å². The first-order valence-electron chi connectivity index (χ1n) is 4.35. The number of halogens is 2. The average Bonchev–Trinajstić information content (AvgIpc) is 2.58. The van der Waals surface area contributed by atoms with Crippen LogP contribution in [0.25, 0.3) is 0 Å². The zero-order valence-corrected chi connectivity index (χ0v) is 9.70. The molecule has 0 saturated carbocycles. The summed E-state index contributed by atoms with van der Waals surface area (Å²) in [6, 6.07) is 9.18. The van der Waals surface area contributed by atoms with Crippen molar-refractivity contribution in [3.8, 4) is 0 Å². The Morgan fingerprint density at radius 3 is 2.46 bits per heavy atom. The third-order valence-corrected chi connectivity index (χ3v) is 2.86. The molecule has 1 atom stereocenters. The topological polar surface area (TPSA) is 12.0 Å². The summed E-state index contributed by atoms with van der Waals surface area (Å²) in [4.78, 5) is 0. The Morgan fingerprint density at radius 2 is 1.92 bits per heavy atom. The Morgan fingerprint density at radius 1 is 1.23 bits per heavy atom. The highest BCUT2D eigenvalue weighted by molar-refractivity contribution is 9.10. The Hall–Kier alpha value is -0.0500. The van der Waals surface area contributed by atoms with Crippen molar-refractivity contribution in [1.82, 2.24) is 5.32 Å². The van der Waals surface area contributed by atoms with E-state index < -0.39 is 0 Å². The summed E-state index contributed by atoms with van der Waals surface area (Å²) in [5, 5.41) is 3.48. The molecule has 0 amide bonds. The van der Waals surface area contributed by atoms with Gasteiger partial charge in [0.05, 0.1) is 0 Å². The van der Waals surface area contributed by atoms with Crippen LogP contribution in [-0.2, 0) is 0 Å². The lowest BCUT2D eigenvalue weighted by atomic mass is 10.1. The maximum Gasteiger partial charge on any atom is 0.0320 e. The Bertz CT molecular complexity index is 254. The number of benzene rings is 1. The predicted molar refractivity (Wildman–Crippen MR) is 61.4 cm³/mol. The van der Waals surface area contributed by atoms with Gasteiger partial charge in [-0.3, -0.25) is 0 Å². The molecule has 0 aromatic heterocycles. The molecular formula is C10H13BrClN. The van der Waals surface area contributed by atoms with Gasteiger partial charge in [0.1, 0.15) is 0 Å². The van der Waals surface area contributed by atoms with E-state index in [9.17, 15) is 0 Å². The van der Waals surface area contributed by atoms with Crippen LogP contribution in [-0.4, -0.2) is 6.54 Å². The van der Waals surface area contributed by atoms with Gasteiger partial charge in [-0.2, -0.15) is 0 Å². The molecule has 0 bridgehead atoms. The molecule has 1 aliphatic heterocycles. The molecule has 72 valence electrons. The van der Waals surface area contributed by atoms with Crippen LogP contribution < -0.4 is 5.32 Å². The van der Waals surface area contributed by atoms with Gasteiger partial charge in [-0.1, -0.05) is 28.1 Å². The number of nitrogens with one attached hydrogen (secondary N) is 1. The van der Waals surface area contributed by atoms with Crippen molar-refractivity contribution in [2.75, 3.05) is 6.54 Å². The number of rotatable bonds is 1. The van der Waals surface area contributed by atoms with Gasteiger partial charge in [0, 0.05) is 10.5 Å². The fourth-order valence-corrected chi connectivity index (χ4v) is 1.93. The molecular weight excluding hydrogens is 249 g/mol. The summed E-state index contributed by atoms with van der Waals surface area (Å²) in [6.45, 7) is 1.17. The summed E-state index contributed by atoms with van der Waals surface area (Å²) in [5.74, 6) is 0. The standard InChI is InChI=1S/C10H12BrN.ClH/c11-9-5-3-8(4-6-9)10-2-1-7-12-10;/h3-6,10,12H,1-2,7H2;1H/t10-;/m1./s1. The van der Waals surface area contributed by atoms with E-state index >= 15 is 0 Å². The van der Waals surface area contributed by atoms with Crippen LogP contribution in [0.15, 0.2) is 28.7 Å². The summed E-state index contributed by atoms with van der Waals surface area (Å²) < 4.78 is 1.16. The van der Waals surface area contributed by atoms with Gasteiger partial charge in [0.2, 0.25) is 0 Å². The summed E-state index contributed by atoms with van der Waals surface area (Å²) in [6.07, 6.45) is 2.59. The average molecular weight is 263 g/mol. The second kappa shape index (κ2) is 4.99. The first-order chi connectivity index (χ1) is 5.86. The molecule has 13 heavy (non-hydrogen) atoms. The first-order valence-corrected chi connectivity index (χ1v) is 5.14. The lowest BCUT2D eigenvalue weighted by Gasteiger charge is -2.09. The van der Waals surface area contributed by atoms with E-state index in [1.807, 2.05) is 0 Å². The summed E-state index contributed by atoms with van der Waals surface area (Å²) >= 11 is 3.43. The third-order valence-electron chi connectivity index (χ3n) is 2.33. The largest absolute Gasteiger partial charge is 0.310 e. The zero-order valence-electron chi connectivity index (χ0n) is 7.29. The van der Waals surface area contributed by atoms with Crippen molar-refractivity contribution >= 4 is 28.3 Å². The SMILES string of the molecule is Brc1ccc([C@H]2CCCN2)cc1.Cl. The minimum Gasteiger partial charge on any atom is -0.310 e. The quantitative estimate of drug-likeness (QED) is 0.819. The maximum atomic E-state index is 3.48. The Labute approximate surface area is 93.5 Å². The van der Waals surface area contributed by atoms with Gasteiger partial charge >= 0.3 is 0 Å². The van der Waals surface area contributed by atoms with Gasteiger partial charge in [0.25, 0.3) is 0 Å². The molecule has 2 rings (SSSR count). The summed E-state index contributed by atoms with van der Waals surface area (Å²) in [5.41, 5.74) is 1.41. The van der Waals surface area contributed by atoms with E-state index in [1.54, 1.807) is 0 Å². The normalized spacial score (nSPS) is 21.2. The lowest BCUT2D eigenvalue weighted by molar-refractivity contribution is 0.648. The molecule has 3 heteroatoms. The van der Waals surface area contributed by atoms with Gasteiger partial charge in [0.15, 0.2) is 0 Å². The van der Waals surface area contributed by atoms with Crippen molar-refractivity contribution < 1.29 is 0 Å². The molecule has 1 aromatic carbocycles. The molecule has 1 nitrogen and oxygen atoms in total. The van der Waals surface area contributed by atoms with Crippen molar-refractivity contribution in [1.29, 1.82) is 0 Å². The van der Waals surface area contributed by atoms with Crippen LogP contribution in [0, 0.1) is 0 Å². The Kier molecular flexibility index (Phi) is 4.23. The molecule has 0 unspecified atom stereocenters. The van der Waals surface area contributed by atoms with Crippen LogP contribution in [0.5, 0.6) is 0 Å². The Balaban J connectivity index is 0.000000845. The van der Waals surface area contributed by atoms with E-state index in [4.69, 9.17) is 0 Å². The highest BCUT2D eigenvalue weighted by Crippen LogP contribution is 2.23. The minimum absolute atomic E-state index is 0. The molecule has 1 N–H and O–H groups in total. The molecule has 1 heterocycles. The fourth-order valence-electron chi connectivity index (χ4n) is 1.66. The molecule has 1 aromatic rings. The van der Waals surface area contributed by atoms with Gasteiger partial charge in [-0.15, -0.1) is 12.4 Å². The second-order valence-electron chi connectivity index (χ2n) is 3.20. The molecule has 1 fully saturated rings. The fraction of sp³-hybridized carbons (Fsp3) is 0.400. The van der Waals surface area contributed by atoms with Crippen molar-refractivity contribution in [3.05, 3.63) is 34.3 Å². The lowest BCUT2D eigenvalue weighted by Crippen LogP contribution is -2.12. The minimum atomic E-state index is 0. The predicted octanol–water partition coefficient (Wildman–Crippen LogP) is 3.30. The van der Waals surface area contributed by atoms with E-state index in [-0.39, 0.29) is 12.4 Å². The highest BCUT2D eigenvalue weighted by atomic mass is 79.9. The zero-order chi connectivity index (χ0) is 8.39. The van der Waals surface area contributed by atoms with E-state index in [2.05, 4.69) is 45.5 Å². The summed E-state index contributed by atoms with van der Waals surface area (Å²) in [7, 11) is 0. The van der Waals surface area contributed by atoms with E-state index in [1.165, 1.54) is 24.9 Å². The molecule has 1 saturated heterocycles. The monoisotopic (exact) mass is 261 g/mol. The van der Waals surface area contributed by atoms with E-state index in [0.29, 0.717) is 6.04 Å². The van der Waals surface area contributed by atoms with Gasteiger partial charge < -0.3 is 5.32 Å². The molecule has 0 aliphatic carbocycles. The first kappa shape index (κ1) is 11.0. The van der Waals surface area contributed by atoms with Crippen LogP contribution >= 0.6 is 28.3 Å². The van der Waals surface area contributed by atoms with Crippen LogP contribution in [0.3, 0.4) is 0 Å². The number of hydrogen-bond donors (Lipinski definition) is 1. The van der Waals surface area contributed by atoms with Crippen LogP contribution in [0.1, 0.15) is 24.4 Å². The molecule has 1 aliphatic rings. The van der Waals surface area contributed by atoms with Gasteiger partial charge in [-0.25, -0.2) is 0 Å². The number of hydrogen-bond acceptors (Lipinski definition) is 1. The second-order valence-corrected chi connectivity index (χ2v) is 4.12. The third kappa shape index (κ3) is 2.70. The van der Waals surface area contributed by atoms with Crippen LogP contribution in [0.2, 0.25) is 0 Å². The van der Waals surface area contributed by atoms with Crippen molar-refractivity contribution in [2.45, 2.75) is 18.9 Å². The smallest absolute Gasteiger partial charge is 0.0320 e. The van der Waals surface area contributed by atoms with Gasteiger partial charge in [-0.05, 0) is 37.1 Å². The highest BCUT2D eigenvalue weighted by Gasteiger charge is 2.15. The maximum absolute atomic E-state index is 3.48.